The second-order valence-electron chi connectivity index (χ2n) is 11.6. The fraction of sp³-hybridized carbons (Fsp3) is 0.387. The zero-order valence-corrected chi connectivity index (χ0v) is 25.0. The van der Waals surface area contributed by atoms with Crippen LogP contribution >= 0.6 is 0 Å². The first kappa shape index (κ1) is 30.7. The van der Waals surface area contributed by atoms with Crippen LogP contribution in [0.5, 0.6) is 0 Å². The van der Waals surface area contributed by atoms with Crippen LogP contribution in [0.25, 0.3) is 16.7 Å². The number of fused-ring (bicyclic) bond motifs is 1. The summed E-state index contributed by atoms with van der Waals surface area (Å²) in [7, 11) is -3.66. The molecule has 0 saturated heterocycles. The van der Waals surface area contributed by atoms with Crippen molar-refractivity contribution in [3.05, 3.63) is 89.0 Å². The van der Waals surface area contributed by atoms with Crippen LogP contribution in [0.1, 0.15) is 55.1 Å². The molecular formula is C31H33F3N4O4S. The van der Waals surface area contributed by atoms with Crippen LogP contribution in [0.3, 0.4) is 0 Å². The number of nitrogens with zero attached hydrogens (tertiary/aromatic N) is 4. The van der Waals surface area contributed by atoms with Crippen LogP contribution in [-0.2, 0) is 39.7 Å². The first-order valence-electron chi connectivity index (χ1n) is 13.9. The Kier molecular flexibility index (Phi) is 8.36. The van der Waals surface area contributed by atoms with Crippen LogP contribution in [0.15, 0.2) is 61.1 Å². The van der Waals surface area contributed by atoms with E-state index in [2.05, 4.69) is 9.97 Å². The van der Waals surface area contributed by atoms with E-state index in [0.717, 1.165) is 22.8 Å². The van der Waals surface area contributed by atoms with Gasteiger partial charge in [-0.05, 0) is 85.2 Å². The van der Waals surface area contributed by atoms with E-state index in [-0.39, 0.29) is 25.4 Å². The lowest BCUT2D eigenvalue weighted by molar-refractivity contribution is -0.137. The van der Waals surface area contributed by atoms with Gasteiger partial charge in [-0.3, -0.25) is 0 Å². The van der Waals surface area contributed by atoms with Crippen LogP contribution in [0.4, 0.5) is 18.0 Å². The highest BCUT2D eigenvalue weighted by Crippen LogP contribution is 2.40. The van der Waals surface area contributed by atoms with Gasteiger partial charge < -0.3 is 9.64 Å². The molecule has 0 aliphatic carbocycles. The maximum Gasteiger partial charge on any atom is 0.416 e. The van der Waals surface area contributed by atoms with Crippen molar-refractivity contribution in [2.75, 3.05) is 19.6 Å². The molecule has 0 bridgehead atoms. The van der Waals surface area contributed by atoms with Crippen LogP contribution in [0.2, 0.25) is 0 Å². The third kappa shape index (κ3) is 7.07. The Morgan fingerprint density at radius 2 is 1.79 bits per heavy atom. The normalized spacial score (nSPS) is 16.4. The first-order valence-corrected chi connectivity index (χ1v) is 15.5. The van der Waals surface area contributed by atoms with E-state index in [1.54, 1.807) is 39.0 Å². The van der Waals surface area contributed by atoms with Crippen molar-refractivity contribution < 1.29 is 31.1 Å². The molecule has 5 rings (SSSR count). The second-order valence-corrected chi connectivity index (χ2v) is 13.6. The molecule has 12 heteroatoms. The fourth-order valence-electron chi connectivity index (χ4n) is 5.38. The summed E-state index contributed by atoms with van der Waals surface area (Å²) in [4.78, 5) is 22.0. The molecule has 0 fully saturated rings. The molecule has 43 heavy (non-hydrogen) atoms. The molecular weight excluding hydrogens is 581 g/mol. The zero-order chi connectivity index (χ0) is 31.0. The summed E-state index contributed by atoms with van der Waals surface area (Å²) >= 11 is 0. The minimum absolute atomic E-state index is 0.153. The lowest BCUT2D eigenvalue weighted by Gasteiger charge is -2.31. The number of carbonyl (C=O) groups is 1. The highest BCUT2D eigenvalue weighted by atomic mass is 32.2. The highest BCUT2D eigenvalue weighted by molar-refractivity contribution is 7.88. The predicted octanol–water partition coefficient (Wildman–Crippen LogP) is 6.07. The van der Waals surface area contributed by atoms with Crippen molar-refractivity contribution in [3.8, 4) is 11.1 Å². The van der Waals surface area contributed by atoms with E-state index in [1.165, 1.54) is 33.9 Å². The van der Waals surface area contributed by atoms with E-state index >= 15 is 0 Å². The number of sulfonamides is 1. The van der Waals surface area contributed by atoms with Gasteiger partial charge in [0, 0.05) is 32.4 Å². The van der Waals surface area contributed by atoms with Gasteiger partial charge in [0.1, 0.15) is 17.7 Å². The lowest BCUT2D eigenvalue weighted by Crippen LogP contribution is -2.39. The molecule has 0 spiro atoms. The van der Waals surface area contributed by atoms with E-state index in [4.69, 9.17) is 4.74 Å². The van der Waals surface area contributed by atoms with Crippen molar-refractivity contribution in [2.45, 2.75) is 57.7 Å². The van der Waals surface area contributed by atoms with Crippen LogP contribution < -0.4 is 0 Å². The highest BCUT2D eigenvalue weighted by Gasteiger charge is 2.33. The van der Waals surface area contributed by atoms with Gasteiger partial charge in [-0.25, -0.2) is 23.2 Å². The summed E-state index contributed by atoms with van der Waals surface area (Å²) < 4.78 is 74.7. The Labute approximate surface area is 249 Å². The number of hydrogen-bond acceptors (Lipinski definition) is 6. The molecule has 2 aromatic carbocycles. The van der Waals surface area contributed by atoms with Crippen molar-refractivity contribution in [2.24, 2.45) is 0 Å². The number of rotatable bonds is 5. The Bertz CT molecular complexity index is 1650. The topological polar surface area (TPSA) is 92.7 Å². The first-order chi connectivity index (χ1) is 20.2. The summed E-state index contributed by atoms with van der Waals surface area (Å²) in [6, 6.07) is 10.8. The molecule has 1 amide bonds. The molecule has 8 nitrogen and oxygen atoms in total. The van der Waals surface area contributed by atoms with Crippen molar-refractivity contribution in [1.82, 2.24) is 19.2 Å². The number of aromatic nitrogens is 2. The maximum atomic E-state index is 13.8. The molecule has 0 N–H and O–H groups in total. The van der Waals surface area contributed by atoms with Gasteiger partial charge in [0.15, 0.2) is 0 Å². The lowest BCUT2D eigenvalue weighted by atomic mass is 9.85. The molecule has 1 aromatic heterocycles. The summed E-state index contributed by atoms with van der Waals surface area (Å²) in [5.41, 5.74) is 3.26. The molecule has 3 heterocycles. The average molecular weight is 615 g/mol. The van der Waals surface area contributed by atoms with Gasteiger partial charge in [-0.15, -0.1) is 0 Å². The molecule has 2 aliphatic rings. The van der Waals surface area contributed by atoms with E-state index in [9.17, 15) is 26.4 Å². The maximum absolute atomic E-state index is 13.8. The number of ether oxygens (including phenoxy) is 1. The number of amides is 1. The number of benzene rings is 2. The minimum atomic E-state index is -4.53. The Balaban J connectivity index is 1.47. The summed E-state index contributed by atoms with van der Waals surface area (Å²) in [6.45, 7) is 6.24. The second kappa shape index (κ2) is 11.7. The Morgan fingerprint density at radius 1 is 1.00 bits per heavy atom. The smallest absolute Gasteiger partial charge is 0.416 e. The summed E-state index contributed by atoms with van der Waals surface area (Å²) in [6.07, 6.45) is 0.347. The van der Waals surface area contributed by atoms with E-state index in [1.807, 2.05) is 12.1 Å². The monoisotopic (exact) mass is 614 g/mol. The molecule has 2 aliphatic heterocycles. The minimum Gasteiger partial charge on any atom is -0.444 e. The average Bonchev–Trinajstić information content (AvgIpc) is 2.95. The van der Waals surface area contributed by atoms with Gasteiger partial charge in [0.05, 0.1) is 11.3 Å². The Hall–Kier alpha value is -3.77. The third-order valence-electron chi connectivity index (χ3n) is 7.44. The molecule has 0 atom stereocenters. The van der Waals surface area contributed by atoms with Crippen LogP contribution in [0, 0.1) is 0 Å². The molecule has 228 valence electrons. The zero-order valence-electron chi connectivity index (χ0n) is 24.2. The summed E-state index contributed by atoms with van der Waals surface area (Å²) in [5.74, 6) is -0.248. The molecule has 0 saturated carbocycles. The molecule has 3 aromatic rings. The van der Waals surface area contributed by atoms with Crippen molar-refractivity contribution in [1.29, 1.82) is 0 Å². The van der Waals surface area contributed by atoms with Gasteiger partial charge in [-0.1, -0.05) is 30.3 Å². The largest absolute Gasteiger partial charge is 0.444 e. The standard InChI is InChI=1S/C31H33F3N4O4S/c1-30(2,3)42-29(39)37-14-10-21(11-15-37)28-17-23(31(32,33)34)7-8-27(28)26-6-4-5-22-18-38(16-12-25(22)26)43(40,41)19-24-9-13-35-20-36-24/h4-10,13,17,20H,11-12,14-16,18-19H2,1-3H3. The van der Waals surface area contributed by atoms with E-state index < -0.39 is 33.5 Å². The van der Waals surface area contributed by atoms with Crippen LogP contribution in [-0.4, -0.2) is 58.9 Å². The number of carbonyl (C=O) groups excluding carboxylic acids is 1. The quantitative estimate of drug-likeness (QED) is 0.346. The molecule has 0 radical (unpaired) electrons. The number of hydrogen-bond donors (Lipinski definition) is 0. The number of halogens is 3. The SMILES string of the molecule is CC(C)(C)OC(=O)N1CC=C(c2cc(C(F)(F)F)ccc2-c2cccc3c2CCN(S(=O)(=O)Cc2ccncn2)C3)CC1. The van der Waals surface area contributed by atoms with Crippen molar-refractivity contribution >= 4 is 21.7 Å². The van der Waals surface area contributed by atoms with Crippen molar-refractivity contribution in [3.63, 3.8) is 0 Å². The predicted molar refractivity (Wildman–Crippen MR) is 156 cm³/mol. The number of alkyl halides is 3. The van der Waals surface area contributed by atoms with Gasteiger partial charge in [-0.2, -0.15) is 17.5 Å². The fourth-order valence-corrected chi connectivity index (χ4v) is 6.81. The third-order valence-corrected chi connectivity index (χ3v) is 9.20. The van der Waals surface area contributed by atoms with Gasteiger partial charge in [0.25, 0.3) is 0 Å². The Morgan fingerprint density at radius 3 is 2.44 bits per heavy atom. The van der Waals surface area contributed by atoms with E-state index in [0.29, 0.717) is 41.8 Å². The van der Waals surface area contributed by atoms with Gasteiger partial charge in [0.2, 0.25) is 10.0 Å². The van der Waals surface area contributed by atoms with Gasteiger partial charge >= 0.3 is 12.3 Å². The molecule has 0 unspecified atom stereocenters. The summed E-state index contributed by atoms with van der Waals surface area (Å²) in [5, 5.41) is 0.